The lowest BCUT2D eigenvalue weighted by atomic mass is 9.89. The summed E-state index contributed by atoms with van der Waals surface area (Å²) in [7, 11) is -2.37. The summed E-state index contributed by atoms with van der Waals surface area (Å²) in [4.78, 5) is 27.0. The molecule has 0 saturated carbocycles. The Bertz CT molecular complexity index is 1020. The van der Waals surface area contributed by atoms with Crippen LogP contribution in [0.3, 0.4) is 0 Å². The molecule has 0 aliphatic heterocycles. The zero-order chi connectivity index (χ0) is 28.9. The second-order valence-electron chi connectivity index (χ2n) is 11.1. The number of ether oxygens (including phenoxy) is 2. The molecule has 2 aromatic rings. The summed E-state index contributed by atoms with van der Waals surface area (Å²) < 4.78 is 30.7. The summed E-state index contributed by atoms with van der Waals surface area (Å²) in [6.07, 6.45) is 5.00. The minimum atomic E-state index is -2.37. The molecule has 7 heteroatoms. The van der Waals surface area contributed by atoms with Crippen LogP contribution in [0.1, 0.15) is 51.2 Å². The summed E-state index contributed by atoms with van der Waals surface area (Å²) in [5, 5.41) is -0.131. The normalized spacial score (nSPS) is 13.1. The Morgan fingerprint density at radius 3 is 1.79 bits per heavy atom. The first-order valence-electron chi connectivity index (χ1n) is 13.5. The van der Waals surface area contributed by atoms with E-state index in [1.54, 1.807) is 6.08 Å². The number of carbonyl (C=O) groups excluding carboxylic acids is 2. The van der Waals surface area contributed by atoms with Gasteiger partial charge in [-0.05, 0) is 54.6 Å². The number of carbonyl (C=O) groups is 2. The Morgan fingerprint density at radius 1 is 0.897 bits per heavy atom. The molecule has 0 aromatic heterocycles. The minimum absolute atomic E-state index is 0.0185. The highest BCUT2D eigenvalue weighted by atomic mass is 28.4. The fourth-order valence-corrected chi connectivity index (χ4v) is 4.73. The molecule has 0 bridgehead atoms. The van der Waals surface area contributed by atoms with Gasteiger partial charge < -0.3 is 13.9 Å². The molecule has 0 N–H and O–H groups in total. The Hall–Kier alpha value is -3.19. The van der Waals surface area contributed by atoms with E-state index < -0.39 is 38.8 Å². The van der Waals surface area contributed by atoms with E-state index >= 15 is 0 Å². The lowest BCUT2D eigenvalue weighted by Gasteiger charge is -2.39. The van der Waals surface area contributed by atoms with Crippen LogP contribution >= 0.6 is 0 Å². The van der Waals surface area contributed by atoms with Gasteiger partial charge in [-0.25, -0.2) is 0 Å². The van der Waals surface area contributed by atoms with Crippen LogP contribution in [0.25, 0.3) is 0 Å². The molecule has 2 aromatic carbocycles. The van der Waals surface area contributed by atoms with E-state index in [2.05, 4.69) is 40.4 Å². The highest BCUT2D eigenvalue weighted by molar-refractivity contribution is 6.74. The van der Waals surface area contributed by atoms with Crippen molar-refractivity contribution in [2.24, 2.45) is 11.8 Å². The smallest absolute Gasteiger partial charge is 0.321 e. The number of benzene rings is 2. The van der Waals surface area contributed by atoms with Crippen molar-refractivity contribution in [3.05, 3.63) is 96.3 Å². The molecule has 0 spiro atoms. The summed E-state index contributed by atoms with van der Waals surface area (Å²) in [6.45, 7) is 14.1. The number of rotatable bonds is 15. The van der Waals surface area contributed by atoms with E-state index in [1.807, 2.05) is 66.7 Å². The van der Waals surface area contributed by atoms with Crippen molar-refractivity contribution in [3.63, 3.8) is 0 Å². The van der Waals surface area contributed by atoms with Crippen molar-refractivity contribution in [1.82, 2.24) is 0 Å². The zero-order valence-electron chi connectivity index (χ0n) is 24.0. The van der Waals surface area contributed by atoms with Gasteiger partial charge in [0.25, 0.3) is 0 Å². The molecule has 212 valence electrons. The third-order valence-electron chi connectivity index (χ3n) is 7.01. The highest BCUT2D eigenvalue weighted by Crippen LogP contribution is 2.40. The quantitative estimate of drug-likeness (QED) is 0.0558. The monoisotopic (exact) mass is 554 g/mol. The summed E-state index contributed by atoms with van der Waals surface area (Å²) in [6, 6.07) is 18.5. The van der Waals surface area contributed by atoms with Crippen LogP contribution in [-0.4, -0.2) is 26.9 Å². The Balaban J connectivity index is 2.41. The topological polar surface area (TPSA) is 61.8 Å². The molecule has 0 saturated heterocycles. The molecule has 2 rings (SSSR count). The van der Waals surface area contributed by atoms with Crippen molar-refractivity contribution < 1.29 is 27.9 Å². The molecule has 0 fully saturated rings. The Kier molecular flexibility index (Phi) is 12.7. The van der Waals surface area contributed by atoms with E-state index in [4.69, 9.17) is 13.9 Å². The minimum Gasteiger partial charge on any atom is -0.546 e. The second kappa shape index (κ2) is 15.4. The standard InChI is InChI=1S/C32H43FO5Si/c1-7-27(28(21-15-10-16-22-33)38-39(5,6)32(2,3)4)29(30(34)36-23-25-17-11-8-12-18-25)31(35)37-24-26-19-13-9-14-20-26/h7-9,11-14,17-21,27,29H,1,10,15-16,22-24H2,2-6H3/b28-21-/t27-/m1/s1. The largest absolute Gasteiger partial charge is 0.546 e. The number of esters is 2. The SMILES string of the molecule is C=C[C@H](/C(=C/CCCCF)O[Si](C)(C)C(C)(C)C)C(C(=O)OCc1ccccc1)C(=O)OCc1ccccc1. The van der Waals surface area contributed by atoms with E-state index in [0.29, 0.717) is 25.0 Å². The van der Waals surface area contributed by atoms with Gasteiger partial charge in [0.2, 0.25) is 8.32 Å². The van der Waals surface area contributed by atoms with Gasteiger partial charge >= 0.3 is 11.9 Å². The third kappa shape index (κ3) is 10.1. The van der Waals surface area contributed by atoms with Gasteiger partial charge in [0.1, 0.15) is 13.2 Å². The Morgan fingerprint density at radius 2 is 1.38 bits per heavy atom. The molecule has 39 heavy (non-hydrogen) atoms. The van der Waals surface area contributed by atoms with E-state index in [9.17, 15) is 14.0 Å². The van der Waals surface area contributed by atoms with Gasteiger partial charge in [-0.3, -0.25) is 14.0 Å². The van der Waals surface area contributed by atoms with Gasteiger partial charge in [0.05, 0.1) is 18.4 Å². The van der Waals surface area contributed by atoms with Crippen LogP contribution in [0.2, 0.25) is 18.1 Å². The van der Waals surface area contributed by atoms with E-state index in [1.165, 1.54) is 0 Å². The van der Waals surface area contributed by atoms with Gasteiger partial charge in [0, 0.05) is 0 Å². The van der Waals surface area contributed by atoms with Crippen LogP contribution < -0.4 is 0 Å². The van der Waals surface area contributed by atoms with Gasteiger partial charge in [0.15, 0.2) is 5.92 Å². The summed E-state index contributed by atoms with van der Waals surface area (Å²) in [5.74, 6) is -3.07. The van der Waals surface area contributed by atoms with Crippen LogP contribution in [-0.2, 0) is 36.7 Å². The number of halogens is 1. The maximum absolute atomic E-state index is 13.5. The number of allylic oxidation sites excluding steroid dienone is 2. The van der Waals surface area contributed by atoms with Crippen molar-refractivity contribution in [1.29, 1.82) is 0 Å². The Labute approximate surface area is 234 Å². The molecular weight excluding hydrogens is 511 g/mol. The van der Waals surface area contributed by atoms with Crippen molar-refractivity contribution in [2.75, 3.05) is 6.67 Å². The van der Waals surface area contributed by atoms with Gasteiger partial charge in [-0.15, -0.1) is 6.58 Å². The fourth-order valence-electron chi connectivity index (χ4n) is 3.62. The number of unbranched alkanes of at least 4 members (excludes halogenated alkanes) is 2. The molecule has 0 heterocycles. The molecule has 0 radical (unpaired) electrons. The van der Waals surface area contributed by atoms with Gasteiger partial charge in [-0.1, -0.05) is 87.5 Å². The summed E-state index contributed by atoms with van der Waals surface area (Å²) in [5.41, 5.74) is 1.61. The van der Waals surface area contributed by atoms with Gasteiger partial charge in [-0.2, -0.15) is 0 Å². The first-order chi connectivity index (χ1) is 18.5. The third-order valence-corrected chi connectivity index (χ3v) is 11.4. The lowest BCUT2D eigenvalue weighted by Crippen LogP contribution is -2.43. The summed E-state index contributed by atoms with van der Waals surface area (Å²) >= 11 is 0. The zero-order valence-corrected chi connectivity index (χ0v) is 25.0. The predicted octanol–water partition coefficient (Wildman–Crippen LogP) is 7.94. The maximum atomic E-state index is 13.5. The number of alkyl halides is 1. The highest BCUT2D eigenvalue weighted by Gasteiger charge is 2.44. The van der Waals surface area contributed by atoms with Crippen LogP contribution in [0.4, 0.5) is 4.39 Å². The van der Waals surface area contributed by atoms with E-state index in [0.717, 1.165) is 11.1 Å². The first kappa shape index (κ1) is 32.0. The molecule has 1 atom stereocenters. The fraction of sp³-hybridized carbons (Fsp3) is 0.438. The average Bonchev–Trinajstić information content (AvgIpc) is 2.91. The first-order valence-corrected chi connectivity index (χ1v) is 16.4. The van der Waals surface area contributed by atoms with Crippen molar-refractivity contribution in [3.8, 4) is 0 Å². The average molecular weight is 555 g/mol. The van der Waals surface area contributed by atoms with Crippen LogP contribution in [0, 0.1) is 11.8 Å². The molecule has 0 aliphatic carbocycles. The maximum Gasteiger partial charge on any atom is 0.321 e. The van der Waals surface area contributed by atoms with Crippen LogP contribution in [0.5, 0.6) is 0 Å². The molecular formula is C32H43FO5Si. The number of hydrogen-bond donors (Lipinski definition) is 0. The lowest BCUT2D eigenvalue weighted by molar-refractivity contribution is -0.165. The molecule has 5 nitrogen and oxygen atoms in total. The molecule has 0 aliphatic rings. The number of hydrogen-bond acceptors (Lipinski definition) is 5. The van der Waals surface area contributed by atoms with Crippen molar-refractivity contribution in [2.45, 2.75) is 71.4 Å². The van der Waals surface area contributed by atoms with Crippen molar-refractivity contribution >= 4 is 20.3 Å². The molecule has 0 unspecified atom stereocenters. The second-order valence-corrected chi connectivity index (χ2v) is 15.8. The predicted molar refractivity (Wildman–Crippen MR) is 156 cm³/mol. The molecule has 0 amide bonds. The van der Waals surface area contributed by atoms with E-state index in [-0.39, 0.29) is 18.3 Å². The van der Waals surface area contributed by atoms with Crippen LogP contribution in [0.15, 0.2) is 85.2 Å².